The van der Waals surface area contributed by atoms with E-state index in [1.165, 1.54) is 0 Å². The number of likely N-dealkylation sites (tertiary alicyclic amines) is 1. The number of amides is 1. The number of hydrogen-bond acceptors (Lipinski definition) is 5. The highest BCUT2D eigenvalue weighted by Crippen LogP contribution is 2.25. The maximum Gasteiger partial charge on any atom is 0.257 e. The number of nitrogens with zero attached hydrogens (tertiary/aromatic N) is 5. The fraction of sp³-hybridized carbons (Fsp3) is 0.429. The summed E-state index contributed by atoms with van der Waals surface area (Å²) in [5.41, 5.74) is 2.62. The Morgan fingerprint density at radius 3 is 2.60 bits per heavy atom. The van der Waals surface area contributed by atoms with Crippen molar-refractivity contribution < 1.29 is 13.6 Å². The zero-order valence-electron chi connectivity index (χ0n) is 17.0. The van der Waals surface area contributed by atoms with Gasteiger partial charge in [-0.3, -0.25) is 19.4 Å². The van der Waals surface area contributed by atoms with E-state index in [1.807, 2.05) is 19.3 Å². The summed E-state index contributed by atoms with van der Waals surface area (Å²) in [6.07, 6.45) is 8.20. The van der Waals surface area contributed by atoms with Crippen molar-refractivity contribution in [2.75, 3.05) is 25.0 Å². The zero-order valence-corrected chi connectivity index (χ0v) is 17.0. The van der Waals surface area contributed by atoms with Crippen LogP contribution in [0.3, 0.4) is 0 Å². The first-order chi connectivity index (χ1) is 14.3. The Kier molecular flexibility index (Phi) is 5.46. The number of nitrogens with one attached hydrogen (secondary N) is 1. The molecular formula is C21H24F2N6O. The van der Waals surface area contributed by atoms with Crippen LogP contribution in [-0.4, -0.2) is 56.1 Å². The third-order valence-electron chi connectivity index (χ3n) is 5.32. The molecule has 1 aliphatic heterocycles. The van der Waals surface area contributed by atoms with Crippen LogP contribution in [-0.2, 0) is 11.8 Å². The number of halogens is 2. The summed E-state index contributed by atoms with van der Waals surface area (Å²) in [5, 5.41) is 7.91. The number of rotatable bonds is 5. The number of alkyl halides is 2. The number of aromatic nitrogens is 4. The molecule has 0 spiro atoms. The van der Waals surface area contributed by atoms with E-state index in [1.54, 1.807) is 34.2 Å². The summed E-state index contributed by atoms with van der Waals surface area (Å²) < 4.78 is 28.1. The van der Waals surface area contributed by atoms with Gasteiger partial charge in [-0.15, -0.1) is 0 Å². The lowest BCUT2D eigenvalue weighted by atomic mass is 9.95. The van der Waals surface area contributed by atoms with Gasteiger partial charge in [-0.25, -0.2) is 13.8 Å². The molecule has 1 saturated heterocycles. The molecule has 0 aliphatic carbocycles. The Morgan fingerprint density at radius 2 is 1.93 bits per heavy atom. The van der Waals surface area contributed by atoms with Gasteiger partial charge in [0.2, 0.25) is 5.91 Å². The molecule has 7 nitrogen and oxygen atoms in total. The summed E-state index contributed by atoms with van der Waals surface area (Å²) in [4.78, 5) is 23.1. The first-order valence-electron chi connectivity index (χ1n) is 9.93. The monoisotopic (exact) mass is 414 g/mol. The number of carbonyl (C=O) groups is 1. The Labute approximate surface area is 173 Å². The van der Waals surface area contributed by atoms with Crippen LogP contribution in [0.25, 0.3) is 22.0 Å². The molecule has 158 valence electrons. The number of aryl methyl sites for hydroxylation is 1. The second kappa shape index (κ2) is 8.06. The van der Waals surface area contributed by atoms with Gasteiger partial charge in [0.25, 0.3) is 5.92 Å². The Hall–Kier alpha value is -2.94. The maximum absolute atomic E-state index is 13.2. The van der Waals surface area contributed by atoms with Gasteiger partial charge in [-0.2, -0.15) is 5.10 Å². The second-order valence-corrected chi connectivity index (χ2v) is 8.00. The zero-order chi connectivity index (χ0) is 21.3. The molecule has 1 aliphatic rings. The predicted molar refractivity (Wildman–Crippen MR) is 110 cm³/mol. The molecule has 0 saturated carbocycles. The van der Waals surface area contributed by atoms with E-state index >= 15 is 0 Å². The van der Waals surface area contributed by atoms with Gasteiger partial charge in [0, 0.05) is 48.8 Å². The summed E-state index contributed by atoms with van der Waals surface area (Å²) in [5.74, 6) is -2.59. The van der Waals surface area contributed by atoms with Crippen molar-refractivity contribution in [2.45, 2.75) is 25.7 Å². The first-order valence-corrected chi connectivity index (χ1v) is 9.93. The molecule has 4 rings (SSSR count). The van der Waals surface area contributed by atoms with Gasteiger partial charge in [-0.05, 0) is 38.1 Å². The molecule has 3 aromatic heterocycles. The fourth-order valence-corrected chi connectivity index (χ4v) is 3.80. The Balaban J connectivity index is 1.43. The van der Waals surface area contributed by atoms with Crippen molar-refractivity contribution in [2.24, 2.45) is 13.0 Å². The van der Waals surface area contributed by atoms with Crippen molar-refractivity contribution in [3.05, 3.63) is 36.9 Å². The lowest BCUT2D eigenvalue weighted by Gasteiger charge is -2.32. The second-order valence-electron chi connectivity index (χ2n) is 8.00. The summed E-state index contributed by atoms with van der Waals surface area (Å²) >= 11 is 0. The largest absolute Gasteiger partial charge is 0.310 e. The van der Waals surface area contributed by atoms with Crippen LogP contribution in [0.5, 0.6) is 0 Å². The molecule has 0 bridgehead atoms. The lowest BCUT2D eigenvalue weighted by molar-refractivity contribution is -0.121. The van der Waals surface area contributed by atoms with Crippen molar-refractivity contribution in [3.63, 3.8) is 0 Å². The maximum atomic E-state index is 13.2. The molecule has 0 unspecified atom stereocenters. The molecule has 0 atom stereocenters. The normalized spacial score (nSPS) is 16.1. The molecule has 1 N–H and O–H groups in total. The van der Waals surface area contributed by atoms with Gasteiger partial charge < -0.3 is 5.32 Å². The minimum Gasteiger partial charge on any atom is -0.310 e. The highest BCUT2D eigenvalue weighted by molar-refractivity contribution is 5.94. The standard InChI is InChI=1S/C21H24F2N6O/c1-21(22,23)13-29-5-3-14(4-6-29)20(30)27-19-8-15-7-16(9-24-18(15)11-25-19)17-10-26-28(2)12-17/h7-12,14H,3-6,13H2,1-2H3,(H,25,27,30). The topological polar surface area (TPSA) is 75.9 Å². The van der Waals surface area contributed by atoms with Crippen LogP contribution < -0.4 is 5.32 Å². The molecular weight excluding hydrogens is 390 g/mol. The van der Waals surface area contributed by atoms with Crippen molar-refractivity contribution in [3.8, 4) is 11.1 Å². The van der Waals surface area contributed by atoms with E-state index in [9.17, 15) is 13.6 Å². The fourth-order valence-electron chi connectivity index (χ4n) is 3.80. The SMILES string of the molecule is Cn1cc(-c2cnc3cnc(NC(=O)C4CCN(CC(C)(F)F)CC4)cc3c2)cn1. The third kappa shape index (κ3) is 4.79. The summed E-state index contributed by atoms with van der Waals surface area (Å²) in [7, 11) is 1.85. The van der Waals surface area contributed by atoms with Gasteiger partial charge in [-0.1, -0.05) is 0 Å². The van der Waals surface area contributed by atoms with Crippen molar-refractivity contribution >= 4 is 22.6 Å². The predicted octanol–water partition coefficient (Wildman–Crippen LogP) is 3.34. The van der Waals surface area contributed by atoms with Crippen LogP contribution in [0.1, 0.15) is 19.8 Å². The van der Waals surface area contributed by atoms with Crippen LogP contribution in [0, 0.1) is 5.92 Å². The number of piperidine rings is 1. The molecule has 30 heavy (non-hydrogen) atoms. The van der Waals surface area contributed by atoms with Crippen molar-refractivity contribution in [1.29, 1.82) is 0 Å². The van der Waals surface area contributed by atoms with Gasteiger partial charge >= 0.3 is 0 Å². The molecule has 1 fully saturated rings. The van der Waals surface area contributed by atoms with Gasteiger partial charge in [0.1, 0.15) is 5.82 Å². The summed E-state index contributed by atoms with van der Waals surface area (Å²) in [6, 6.07) is 3.78. The molecule has 1 amide bonds. The highest BCUT2D eigenvalue weighted by Gasteiger charge is 2.30. The first kappa shape index (κ1) is 20.3. The molecule has 3 aromatic rings. The molecule has 0 radical (unpaired) electrons. The van der Waals surface area contributed by atoms with Crippen LogP contribution in [0.4, 0.5) is 14.6 Å². The summed E-state index contributed by atoms with van der Waals surface area (Å²) in [6.45, 7) is 1.64. The van der Waals surface area contributed by atoms with E-state index in [0.717, 1.165) is 29.0 Å². The number of carbonyl (C=O) groups excluding carboxylic acids is 1. The number of fused-ring (bicyclic) bond motifs is 1. The van der Waals surface area contributed by atoms with E-state index in [4.69, 9.17) is 0 Å². The Morgan fingerprint density at radius 1 is 1.17 bits per heavy atom. The number of pyridine rings is 2. The lowest BCUT2D eigenvalue weighted by Crippen LogP contribution is -2.42. The molecule has 9 heteroatoms. The minimum absolute atomic E-state index is 0.124. The van der Waals surface area contributed by atoms with E-state index < -0.39 is 5.92 Å². The molecule has 4 heterocycles. The molecule has 0 aromatic carbocycles. The number of hydrogen-bond donors (Lipinski definition) is 1. The van der Waals surface area contributed by atoms with Crippen LogP contribution >= 0.6 is 0 Å². The van der Waals surface area contributed by atoms with E-state index in [2.05, 4.69) is 20.4 Å². The van der Waals surface area contributed by atoms with E-state index in [-0.39, 0.29) is 18.4 Å². The smallest absolute Gasteiger partial charge is 0.257 e. The average Bonchev–Trinajstić information content (AvgIpc) is 3.13. The van der Waals surface area contributed by atoms with Crippen molar-refractivity contribution in [1.82, 2.24) is 24.6 Å². The van der Waals surface area contributed by atoms with E-state index in [0.29, 0.717) is 31.7 Å². The van der Waals surface area contributed by atoms with Crippen LogP contribution in [0.15, 0.2) is 36.9 Å². The highest BCUT2D eigenvalue weighted by atomic mass is 19.3. The minimum atomic E-state index is -2.72. The Bertz CT molecular complexity index is 1050. The van der Waals surface area contributed by atoms with Gasteiger partial charge in [0.15, 0.2) is 0 Å². The number of anilines is 1. The quantitative estimate of drug-likeness (QED) is 0.693. The van der Waals surface area contributed by atoms with Crippen LogP contribution in [0.2, 0.25) is 0 Å². The van der Waals surface area contributed by atoms with Gasteiger partial charge in [0.05, 0.1) is 24.5 Å². The third-order valence-corrected chi connectivity index (χ3v) is 5.32. The average molecular weight is 414 g/mol.